The van der Waals surface area contributed by atoms with E-state index in [9.17, 15) is 9.59 Å². The first kappa shape index (κ1) is 18.3. The Morgan fingerprint density at radius 3 is 2.45 bits per heavy atom. The first-order valence-corrected chi connectivity index (χ1v) is 7.67. The maximum atomic E-state index is 11.7. The number of hydrogen-bond donors (Lipinski definition) is 1. The molecule has 0 aromatic heterocycles. The summed E-state index contributed by atoms with van der Waals surface area (Å²) in [5.41, 5.74) is 0. The molecular formula is C16H23ClN2O3. The van der Waals surface area contributed by atoms with E-state index in [1.165, 1.54) is 6.92 Å². The molecule has 6 heteroatoms. The number of halogens is 1. The highest BCUT2D eigenvalue weighted by Gasteiger charge is 2.11. The Morgan fingerprint density at radius 2 is 1.91 bits per heavy atom. The first-order valence-electron chi connectivity index (χ1n) is 7.29. The van der Waals surface area contributed by atoms with Gasteiger partial charge < -0.3 is 15.0 Å². The van der Waals surface area contributed by atoms with E-state index in [1.807, 2.05) is 0 Å². The van der Waals surface area contributed by atoms with E-state index < -0.39 is 0 Å². The summed E-state index contributed by atoms with van der Waals surface area (Å²) >= 11 is 5.77. The molecule has 2 amide bonds. The molecule has 0 aliphatic heterocycles. The smallest absolute Gasteiger partial charge is 0.258 e. The normalized spacial score (nSPS) is 10.4. The molecule has 1 rings (SSSR count). The van der Waals surface area contributed by atoms with Gasteiger partial charge in [0.05, 0.1) is 0 Å². The Labute approximate surface area is 136 Å². The molecule has 0 aliphatic rings. The number of ether oxygens (including phenoxy) is 1. The summed E-state index contributed by atoms with van der Waals surface area (Å²) in [7, 11) is 0. The molecule has 1 aromatic carbocycles. The minimum absolute atomic E-state index is 0.0142. The highest BCUT2D eigenvalue weighted by atomic mass is 35.5. The van der Waals surface area contributed by atoms with Gasteiger partial charge in [-0.1, -0.05) is 25.4 Å². The number of nitrogens with one attached hydrogen (secondary N) is 1. The predicted octanol–water partition coefficient (Wildman–Crippen LogP) is 2.34. The van der Waals surface area contributed by atoms with Crippen LogP contribution < -0.4 is 10.1 Å². The molecule has 1 N–H and O–H groups in total. The number of carbonyl (C=O) groups excluding carboxylic acids is 2. The van der Waals surface area contributed by atoms with E-state index in [1.54, 1.807) is 29.2 Å². The fraction of sp³-hybridized carbons (Fsp3) is 0.500. The van der Waals surface area contributed by atoms with Crippen molar-refractivity contribution in [2.24, 2.45) is 5.92 Å². The minimum Gasteiger partial charge on any atom is -0.484 e. The molecule has 0 radical (unpaired) electrons. The standard InChI is InChI=1S/C16H23ClN2O3/c1-12(2)10-19(13(3)20)9-8-18-16(21)11-22-15-6-4-14(17)5-7-15/h4-7,12H,8-11H2,1-3H3,(H,18,21). The van der Waals surface area contributed by atoms with Crippen LogP contribution in [0, 0.1) is 5.92 Å². The summed E-state index contributed by atoms with van der Waals surface area (Å²) in [4.78, 5) is 24.9. The molecule has 0 fully saturated rings. The SMILES string of the molecule is CC(=O)N(CCNC(=O)COc1ccc(Cl)cc1)CC(C)C. The molecule has 0 unspecified atom stereocenters. The van der Waals surface area contributed by atoms with Crippen molar-refractivity contribution in [2.75, 3.05) is 26.2 Å². The average molecular weight is 327 g/mol. The van der Waals surface area contributed by atoms with Crippen LogP contribution in [-0.2, 0) is 9.59 Å². The van der Waals surface area contributed by atoms with E-state index >= 15 is 0 Å². The van der Waals surface area contributed by atoms with Crippen LogP contribution in [0.25, 0.3) is 0 Å². The summed E-state index contributed by atoms with van der Waals surface area (Å²) in [6.07, 6.45) is 0. The van der Waals surface area contributed by atoms with Gasteiger partial charge in [0.1, 0.15) is 5.75 Å². The van der Waals surface area contributed by atoms with Crippen LogP contribution in [-0.4, -0.2) is 43.0 Å². The summed E-state index contributed by atoms with van der Waals surface area (Å²) < 4.78 is 5.34. The molecule has 0 saturated heterocycles. The quantitative estimate of drug-likeness (QED) is 0.797. The van der Waals surface area contributed by atoms with Crippen molar-refractivity contribution in [1.82, 2.24) is 10.2 Å². The largest absolute Gasteiger partial charge is 0.484 e. The van der Waals surface area contributed by atoms with Gasteiger partial charge in [0.2, 0.25) is 5.91 Å². The zero-order valence-corrected chi connectivity index (χ0v) is 14.0. The molecule has 22 heavy (non-hydrogen) atoms. The van der Waals surface area contributed by atoms with Crippen LogP contribution in [0.5, 0.6) is 5.75 Å². The molecular weight excluding hydrogens is 304 g/mol. The average Bonchev–Trinajstić information content (AvgIpc) is 2.45. The van der Waals surface area contributed by atoms with Crippen molar-refractivity contribution in [1.29, 1.82) is 0 Å². The number of amides is 2. The Hall–Kier alpha value is -1.75. The lowest BCUT2D eigenvalue weighted by molar-refractivity contribution is -0.130. The van der Waals surface area contributed by atoms with Crippen LogP contribution in [0.2, 0.25) is 5.02 Å². The van der Waals surface area contributed by atoms with Gasteiger partial charge in [0, 0.05) is 31.6 Å². The Bertz CT molecular complexity index is 489. The van der Waals surface area contributed by atoms with Gasteiger partial charge in [0.25, 0.3) is 5.91 Å². The van der Waals surface area contributed by atoms with Crippen LogP contribution in [0.1, 0.15) is 20.8 Å². The van der Waals surface area contributed by atoms with Crippen molar-refractivity contribution in [3.05, 3.63) is 29.3 Å². The molecule has 0 atom stereocenters. The lowest BCUT2D eigenvalue weighted by atomic mass is 10.2. The first-order chi connectivity index (χ1) is 10.4. The maximum absolute atomic E-state index is 11.7. The maximum Gasteiger partial charge on any atom is 0.258 e. The van der Waals surface area contributed by atoms with Crippen molar-refractivity contribution < 1.29 is 14.3 Å². The lowest BCUT2D eigenvalue weighted by Crippen LogP contribution is -2.40. The second-order valence-corrected chi connectivity index (χ2v) is 5.89. The lowest BCUT2D eigenvalue weighted by Gasteiger charge is -2.23. The highest BCUT2D eigenvalue weighted by Crippen LogP contribution is 2.15. The van der Waals surface area contributed by atoms with Gasteiger partial charge in [0.15, 0.2) is 6.61 Å². The minimum atomic E-state index is -0.219. The van der Waals surface area contributed by atoms with Crippen molar-refractivity contribution in [3.8, 4) is 5.75 Å². The van der Waals surface area contributed by atoms with Gasteiger partial charge >= 0.3 is 0 Å². The number of rotatable bonds is 8. The van der Waals surface area contributed by atoms with Crippen LogP contribution in [0.4, 0.5) is 0 Å². The van der Waals surface area contributed by atoms with Crippen molar-refractivity contribution in [2.45, 2.75) is 20.8 Å². The van der Waals surface area contributed by atoms with Gasteiger partial charge in [-0.05, 0) is 30.2 Å². The number of benzene rings is 1. The zero-order valence-electron chi connectivity index (χ0n) is 13.3. The number of carbonyl (C=O) groups is 2. The molecule has 0 bridgehead atoms. The van der Waals surface area contributed by atoms with Crippen LogP contribution in [0.3, 0.4) is 0 Å². The third kappa shape index (κ3) is 7.31. The summed E-state index contributed by atoms with van der Waals surface area (Å²) in [6, 6.07) is 6.81. The second kappa shape index (κ2) is 9.30. The molecule has 5 nitrogen and oxygen atoms in total. The monoisotopic (exact) mass is 326 g/mol. The molecule has 1 aromatic rings. The molecule has 0 saturated carbocycles. The molecule has 0 heterocycles. The van der Waals surface area contributed by atoms with E-state index in [0.717, 1.165) is 0 Å². The fourth-order valence-electron chi connectivity index (χ4n) is 1.88. The summed E-state index contributed by atoms with van der Waals surface area (Å²) in [5, 5.41) is 3.36. The van der Waals surface area contributed by atoms with Crippen LogP contribution in [0.15, 0.2) is 24.3 Å². The van der Waals surface area contributed by atoms with Crippen LogP contribution >= 0.6 is 11.6 Å². The summed E-state index contributed by atoms with van der Waals surface area (Å²) in [6.45, 7) is 7.17. The Balaban J connectivity index is 2.27. The van der Waals surface area contributed by atoms with Gasteiger partial charge in [-0.15, -0.1) is 0 Å². The topological polar surface area (TPSA) is 58.6 Å². The van der Waals surface area contributed by atoms with Gasteiger partial charge in [-0.2, -0.15) is 0 Å². The molecule has 122 valence electrons. The number of hydrogen-bond acceptors (Lipinski definition) is 3. The van der Waals surface area contributed by atoms with Crippen molar-refractivity contribution in [3.63, 3.8) is 0 Å². The Morgan fingerprint density at radius 1 is 1.27 bits per heavy atom. The van der Waals surface area contributed by atoms with E-state index in [2.05, 4.69) is 19.2 Å². The van der Waals surface area contributed by atoms with Crippen molar-refractivity contribution >= 4 is 23.4 Å². The van der Waals surface area contributed by atoms with E-state index in [-0.39, 0.29) is 18.4 Å². The summed E-state index contributed by atoms with van der Waals surface area (Å²) in [5.74, 6) is 0.779. The molecule has 0 aliphatic carbocycles. The fourth-order valence-corrected chi connectivity index (χ4v) is 2.01. The third-order valence-corrected chi connectivity index (χ3v) is 3.17. The molecule has 0 spiro atoms. The highest BCUT2D eigenvalue weighted by molar-refractivity contribution is 6.30. The van der Waals surface area contributed by atoms with Gasteiger partial charge in [-0.25, -0.2) is 0 Å². The van der Waals surface area contributed by atoms with Gasteiger partial charge in [-0.3, -0.25) is 9.59 Å². The third-order valence-electron chi connectivity index (χ3n) is 2.92. The van der Waals surface area contributed by atoms with E-state index in [0.29, 0.717) is 36.3 Å². The predicted molar refractivity (Wildman–Crippen MR) is 87.0 cm³/mol. The zero-order chi connectivity index (χ0) is 16.5. The second-order valence-electron chi connectivity index (χ2n) is 5.45. The number of nitrogens with zero attached hydrogens (tertiary/aromatic N) is 1. The van der Waals surface area contributed by atoms with E-state index in [4.69, 9.17) is 16.3 Å². The Kier molecular flexibility index (Phi) is 7.74.